The molecule has 1 fully saturated rings. The second-order valence-corrected chi connectivity index (χ2v) is 8.65. The molecular weight excluding hydrogens is 406 g/mol. The SMILES string of the molecule is COc1ccc(S(=O)(=O)NCC(=O)N2CCN(CCOc3ccccc3)CC2)cc1. The number of ether oxygens (including phenoxy) is 2. The molecule has 0 unspecified atom stereocenters. The van der Waals surface area contributed by atoms with Crippen LogP contribution in [0.5, 0.6) is 11.5 Å². The van der Waals surface area contributed by atoms with E-state index in [2.05, 4.69) is 9.62 Å². The fraction of sp³-hybridized carbons (Fsp3) is 0.381. The van der Waals surface area contributed by atoms with Crippen molar-refractivity contribution >= 4 is 15.9 Å². The average Bonchev–Trinajstić information content (AvgIpc) is 2.79. The molecule has 1 aliphatic heterocycles. The number of hydrogen-bond donors (Lipinski definition) is 1. The summed E-state index contributed by atoms with van der Waals surface area (Å²) in [6, 6.07) is 15.7. The largest absolute Gasteiger partial charge is 0.497 e. The van der Waals surface area contributed by atoms with Crippen molar-refractivity contribution in [1.82, 2.24) is 14.5 Å². The van der Waals surface area contributed by atoms with E-state index in [4.69, 9.17) is 9.47 Å². The Bertz CT molecular complexity index is 911. The average molecular weight is 434 g/mol. The first kappa shape index (κ1) is 22.1. The summed E-state index contributed by atoms with van der Waals surface area (Å²) in [5.41, 5.74) is 0. The predicted molar refractivity (Wildman–Crippen MR) is 113 cm³/mol. The van der Waals surface area contributed by atoms with Gasteiger partial charge in [0, 0.05) is 32.7 Å². The number of sulfonamides is 1. The van der Waals surface area contributed by atoms with Gasteiger partial charge in [0.1, 0.15) is 18.1 Å². The quantitative estimate of drug-likeness (QED) is 0.639. The summed E-state index contributed by atoms with van der Waals surface area (Å²) in [7, 11) is -2.24. The monoisotopic (exact) mass is 433 g/mol. The number of nitrogens with one attached hydrogen (secondary N) is 1. The number of methoxy groups -OCH3 is 1. The van der Waals surface area contributed by atoms with E-state index >= 15 is 0 Å². The van der Waals surface area contributed by atoms with Crippen LogP contribution in [-0.2, 0) is 14.8 Å². The zero-order valence-electron chi connectivity index (χ0n) is 17.0. The van der Waals surface area contributed by atoms with Crippen molar-refractivity contribution in [1.29, 1.82) is 0 Å². The normalized spacial score (nSPS) is 15.0. The van der Waals surface area contributed by atoms with Gasteiger partial charge in [-0.2, -0.15) is 0 Å². The zero-order valence-corrected chi connectivity index (χ0v) is 17.8. The number of hydrogen-bond acceptors (Lipinski definition) is 6. The molecule has 1 amide bonds. The van der Waals surface area contributed by atoms with Crippen LogP contribution in [0.25, 0.3) is 0 Å². The van der Waals surface area contributed by atoms with Crippen molar-refractivity contribution in [2.24, 2.45) is 0 Å². The summed E-state index contributed by atoms with van der Waals surface area (Å²) in [4.78, 5) is 16.4. The molecule has 1 heterocycles. The topological polar surface area (TPSA) is 88.2 Å². The van der Waals surface area contributed by atoms with Gasteiger partial charge in [-0.3, -0.25) is 9.69 Å². The Morgan fingerprint density at radius 1 is 0.967 bits per heavy atom. The van der Waals surface area contributed by atoms with E-state index in [9.17, 15) is 13.2 Å². The first-order chi connectivity index (χ1) is 14.5. The van der Waals surface area contributed by atoms with E-state index in [0.717, 1.165) is 25.4 Å². The number of amides is 1. The van der Waals surface area contributed by atoms with E-state index < -0.39 is 10.0 Å². The van der Waals surface area contributed by atoms with Gasteiger partial charge >= 0.3 is 0 Å². The maximum Gasteiger partial charge on any atom is 0.241 e. The van der Waals surface area contributed by atoms with Gasteiger partial charge in [-0.15, -0.1) is 0 Å². The highest BCUT2D eigenvalue weighted by molar-refractivity contribution is 7.89. The first-order valence-electron chi connectivity index (χ1n) is 9.79. The predicted octanol–water partition coefficient (Wildman–Crippen LogP) is 1.20. The third-order valence-electron chi connectivity index (χ3n) is 4.93. The van der Waals surface area contributed by atoms with Gasteiger partial charge in [-0.05, 0) is 36.4 Å². The second-order valence-electron chi connectivity index (χ2n) is 6.88. The van der Waals surface area contributed by atoms with Gasteiger partial charge in [-0.25, -0.2) is 13.1 Å². The Kier molecular flexibility index (Phi) is 7.67. The number of para-hydroxylation sites is 1. The first-order valence-corrected chi connectivity index (χ1v) is 11.3. The molecular formula is C21H27N3O5S. The molecule has 0 aliphatic carbocycles. The van der Waals surface area contributed by atoms with Crippen LogP contribution in [0.4, 0.5) is 0 Å². The molecule has 0 atom stereocenters. The van der Waals surface area contributed by atoms with Crippen molar-refractivity contribution < 1.29 is 22.7 Å². The molecule has 30 heavy (non-hydrogen) atoms. The molecule has 0 radical (unpaired) electrons. The summed E-state index contributed by atoms with van der Waals surface area (Å²) >= 11 is 0. The van der Waals surface area contributed by atoms with Crippen molar-refractivity contribution in [3.05, 3.63) is 54.6 Å². The molecule has 0 saturated carbocycles. The number of carbonyl (C=O) groups excluding carboxylic acids is 1. The molecule has 2 aromatic rings. The van der Waals surface area contributed by atoms with Gasteiger partial charge in [-0.1, -0.05) is 18.2 Å². The molecule has 162 valence electrons. The lowest BCUT2D eigenvalue weighted by Gasteiger charge is -2.34. The van der Waals surface area contributed by atoms with Crippen molar-refractivity contribution in [2.45, 2.75) is 4.90 Å². The van der Waals surface area contributed by atoms with Crippen LogP contribution in [0.3, 0.4) is 0 Å². The lowest BCUT2D eigenvalue weighted by Crippen LogP contribution is -2.51. The number of benzene rings is 2. The van der Waals surface area contributed by atoms with Crippen LogP contribution in [0.2, 0.25) is 0 Å². The summed E-state index contributed by atoms with van der Waals surface area (Å²) in [5, 5.41) is 0. The molecule has 0 spiro atoms. The molecule has 1 saturated heterocycles. The number of rotatable bonds is 9. The number of piperazine rings is 1. The third kappa shape index (κ3) is 6.19. The van der Waals surface area contributed by atoms with Gasteiger partial charge in [0.2, 0.25) is 15.9 Å². The molecule has 9 heteroatoms. The van der Waals surface area contributed by atoms with Crippen molar-refractivity contribution in [3.8, 4) is 11.5 Å². The van der Waals surface area contributed by atoms with Crippen LogP contribution in [0, 0.1) is 0 Å². The Morgan fingerprint density at radius 3 is 2.27 bits per heavy atom. The second kappa shape index (κ2) is 10.4. The maximum atomic E-state index is 12.4. The molecule has 3 rings (SSSR count). The van der Waals surface area contributed by atoms with E-state index in [-0.39, 0.29) is 17.3 Å². The Balaban J connectivity index is 1.39. The third-order valence-corrected chi connectivity index (χ3v) is 6.34. The Labute approximate surface area is 177 Å². The van der Waals surface area contributed by atoms with Gasteiger partial charge in [0.25, 0.3) is 0 Å². The Hall–Kier alpha value is -2.62. The van der Waals surface area contributed by atoms with Crippen LogP contribution in [0.15, 0.2) is 59.5 Å². The standard InChI is InChI=1S/C21H27N3O5S/c1-28-18-7-9-20(10-8-18)30(26,27)22-17-21(25)24-13-11-23(12-14-24)15-16-29-19-5-3-2-4-6-19/h2-10,22H,11-17H2,1H3. The molecule has 8 nitrogen and oxygen atoms in total. The van der Waals surface area contributed by atoms with E-state index in [1.54, 1.807) is 17.0 Å². The molecule has 1 aliphatic rings. The van der Waals surface area contributed by atoms with Crippen LogP contribution >= 0.6 is 0 Å². The van der Waals surface area contributed by atoms with Gasteiger partial charge in [0.05, 0.1) is 18.6 Å². The highest BCUT2D eigenvalue weighted by Crippen LogP contribution is 2.15. The van der Waals surface area contributed by atoms with Gasteiger partial charge < -0.3 is 14.4 Å². The summed E-state index contributed by atoms with van der Waals surface area (Å²) in [6.45, 7) is 3.69. The highest BCUT2D eigenvalue weighted by atomic mass is 32.2. The smallest absolute Gasteiger partial charge is 0.241 e. The fourth-order valence-corrected chi connectivity index (χ4v) is 4.11. The van der Waals surface area contributed by atoms with E-state index in [1.807, 2.05) is 30.3 Å². The highest BCUT2D eigenvalue weighted by Gasteiger charge is 2.23. The van der Waals surface area contributed by atoms with Crippen molar-refractivity contribution in [3.63, 3.8) is 0 Å². The zero-order chi connectivity index (χ0) is 21.4. The van der Waals surface area contributed by atoms with Crippen LogP contribution in [-0.4, -0.2) is 77.1 Å². The minimum absolute atomic E-state index is 0.0966. The summed E-state index contributed by atoms with van der Waals surface area (Å²) in [6.07, 6.45) is 0. The van der Waals surface area contributed by atoms with Gasteiger partial charge in [0.15, 0.2) is 0 Å². The Morgan fingerprint density at radius 2 is 1.63 bits per heavy atom. The van der Waals surface area contributed by atoms with Crippen molar-refractivity contribution in [2.75, 3.05) is 53.0 Å². The minimum Gasteiger partial charge on any atom is -0.497 e. The lowest BCUT2D eigenvalue weighted by atomic mass is 10.3. The lowest BCUT2D eigenvalue weighted by molar-refractivity contribution is -0.131. The fourth-order valence-electron chi connectivity index (χ4n) is 3.14. The number of nitrogens with zero attached hydrogens (tertiary/aromatic N) is 2. The van der Waals surface area contributed by atoms with Crippen LogP contribution in [0.1, 0.15) is 0 Å². The summed E-state index contributed by atoms with van der Waals surface area (Å²) < 4.78 is 37.8. The van der Waals surface area contributed by atoms with E-state index in [0.29, 0.717) is 25.4 Å². The number of carbonyl (C=O) groups is 1. The molecule has 1 N–H and O–H groups in total. The van der Waals surface area contributed by atoms with Crippen LogP contribution < -0.4 is 14.2 Å². The van der Waals surface area contributed by atoms with E-state index in [1.165, 1.54) is 19.2 Å². The molecule has 2 aromatic carbocycles. The molecule has 0 bridgehead atoms. The minimum atomic E-state index is -3.75. The summed E-state index contributed by atoms with van der Waals surface area (Å²) in [5.74, 6) is 1.18. The molecule has 0 aromatic heterocycles. The maximum absolute atomic E-state index is 12.4.